The number of aliphatic hydroxyl groups is 2. The Morgan fingerprint density at radius 3 is 2.66 bits per heavy atom. The zero-order chi connectivity index (χ0) is 20.8. The third kappa shape index (κ3) is 3.73. The molecule has 0 saturated heterocycles. The highest BCUT2D eigenvalue weighted by Gasteiger charge is 2.27. The zero-order valence-electron chi connectivity index (χ0n) is 16.8. The minimum absolute atomic E-state index is 0.151. The summed E-state index contributed by atoms with van der Waals surface area (Å²) >= 11 is 0. The molecule has 3 aromatic rings. The van der Waals surface area contributed by atoms with E-state index < -0.39 is 11.7 Å². The number of rotatable bonds is 4. The second-order valence-electron chi connectivity index (χ2n) is 8.15. The second-order valence-corrected chi connectivity index (χ2v) is 8.15. The van der Waals surface area contributed by atoms with Gasteiger partial charge in [-0.3, -0.25) is 9.78 Å². The summed E-state index contributed by atoms with van der Waals surface area (Å²) in [7, 11) is 1.65. The van der Waals surface area contributed by atoms with Gasteiger partial charge >= 0.3 is 0 Å². The average Bonchev–Trinajstić information content (AvgIpc) is 3.08. The van der Waals surface area contributed by atoms with Gasteiger partial charge in [0, 0.05) is 18.8 Å². The van der Waals surface area contributed by atoms with Crippen LogP contribution in [-0.2, 0) is 12.6 Å². The van der Waals surface area contributed by atoms with Crippen LogP contribution in [0.15, 0.2) is 35.5 Å². The van der Waals surface area contributed by atoms with Crippen molar-refractivity contribution in [1.82, 2.24) is 19.5 Å². The van der Waals surface area contributed by atoms with Crippen LogP contribution in [0, 0.1) is 0 Å². The lowest BCUT2D eigenvalue weighted by Gasteiger charge is -2.19. The van der Waals surface area contributed by atoms with E-state index in [-0.39, 0.29) is 11.6 Å². The molecule has 3 heterocycles. The SMILES string of the molecule is Cn1cnc2cc(-c3ccc(C(C)(C)O)nc3)nc(N[C@H]3CCC[C@@H]3O)c2c1=O. The van der Waals surface area contributed by atoms with Crippen molar-refractivity contribution in [2.75, 3.05) is 5.32 Å². The van der Waals surface area contributed by atoms with Gasteiger partial charge in [-0.05, 0) is 51.3 Å². The predicted octanol–water partition coefficient (Wildman–Crippen LogP) is 1.94. The lowest BCUT2D eigenvalue weighted by Crippen LogP contribution is -2.29. The molecule has 0 radical (unpaired) electrons. The molecule has 0 aromatic carbocycles. The fraction of sp³-hybridized carbons (Fsp3) is 0.429. The van der Waals surface area contributed by atoms with Crippen molar-refractivity contribution >= 4 is 16.7 Å². The van der Waals surface area contributed by atoms with Crippen LogP contribution in [0.3, 0.4) is 0 Å². The zero-order valence-corrected chi connectivity index (χ0v) is 16.8. The topological polar surface area (TPSA) is 113 Å². The first-order chi connectivity index (χ1) is 13.7. The quantitative estimate of drug-likeness (QED) is 0.619. The molecule has 3 aromatic heterocycles. The predicted molar refractivity (Wildman–Crippen MR) is 111 cm³/mol. The van der Waals surface area contributed by atoms with Crippen LogP contribution in [0.25, 0.3) is 22.2 Å². The van der Waals surface area contributed by atoms with Crippen LogP contribution >= 0.6 is 0 Å². The minimum atomic E-state index is -1.03. The highest BCUT2D eigenvalue weighted by atomic mass is 16.3. The van der Waals surface area contributed by atoms with Crippen molar-refractivity contribution in [2.45, 2.75) is 50.9 Å². The number of hydrogen-bond donors (Lipinski definition) is 3. The van der Waals surface area contributed by atoms with Gasteiger partial charge in [0.05, 0.1) is 35.4 Å². The Morgan fingerprint density at radius 1 is 1.24 bits per heavy atom. The molecule has 1 aliphatic rings. The molecule has 8 heteroatoms. The molecule has 0 aliphatic heterocycles. The van der Waals surface area contributed by atoms with Crippen molar-refractivity contribution in [3.8, 4) is 11.3 Å². The Morgan fingerprint density at radius 2 is 2.03 bits per heavy atom. The maximum absolute atomic E-state index is 12.7. The van der Waals surface area contributed by atoms with Gasteiger partial charge < -0.3 is 20.1 Å². The van der Waals surface area contributed by atoms with Crippen LogP contribution < -0.4 is 10.9 Å². The summed E-state index contributed by atoms with van der Waals surface area (Å²) in [6.45, 7) is 3.36. The first-order valence-electron chi connectivity index (χ1n) is 9.74. The molecule has 1 saturated carbocycles. The fourth-order valence-corrected chi connectivity index (χ4v) is 3.67. The Bertz CT molecular complexity index is 1100. The molecule has 4 rings (SSSR count). The highest BCUT2D eigenvalue weighted by molar-refractivity contribution is 5.91. The highest BCUT2D eigenvalue weighted by Crippen LogP contribution is 2.29. The third-order valence-corrected chi connectivity index (χ3v) is 5.39. The molecule has 8 nitrogen and oxygen atoms in total. The van der Waals surface area contributed by atoms with Crippen LogP contribution in [-0.4, -0.2) is 41.9 Å². The number of aryl methyl sites for hydroxylation is 1. The maximum Gasteiger partial charge on any atom is 0.264 e. The molecule has 152 valence electrons. The van der Waals surface area contributed by atoms with E-state index in [0.717, 1.165) is 24.8 Å². The van der Waals surface area contributed by atoms with Gasteiger partial charge in [0.15, 0.2) is 0 Å². The number of fused-ring (bicyclic) bond motifs is 1. The Kier molecular flexibility index (Phi) is 4.84. The van der Waals surface area contributed by atoms with E-state index >= 15 is 0 Å². The van der Waals surface area contributed by atoms with Gasteiger partial charge in [0.1, 0.15) is 16.8 Å². The molecule has 0 bridgehead atoms. The normalized spacial score (nSPS) is 19.6. The molecular weight excluding hydrogens is 370 g/mol. The summed E-state index contributed by atoms with van der Waals surface area (Å²) in [5.41, 5.74) is 1.22. The van der Waals surface area contributed by atoms with Gasteiger partial charge in [-0.25, -0.2) is 9.97 Å². The van der Waals surface area contributed by atoms with Gasteiger partial charge in [0.2, 0.25) is 0 Å². The summed E-state index contributed by atoms with van der Waals surface area (Å²) in [6, 6.07) is 5.20. The summed E-state index contributed by atoms with van der Waals surface area (Å²) in [6.07, 6.45) is 5.14. The van der Waals surface area contributed by atoms with Crippen molar-refractivity contribution in [3.05, 3.63) is 46.8 Å². The molecule has 1 fully saturated rings. The van der Waals surface area contributed by atoms with Crippen LogP contribution in [0.4, 0.5) is 5.82 Å². The van der Waals surface area contributed by atoms with Crippen molar-refractivity contribution in [2.24, 2.45) is 7.05 Å². The van der Waals surface area contributed by atoms with Crippen LogP contribution in [0.2, 0.25) is 0 Å². The minimum Gasteiger partial charge on any atom is -0.391 e. The molecule has 1 aliphatic carbocycles. The van der Waals surface area contributed by atoms with E-state index in [2.05, 4.69) is 20.3 Å². The van der Waals surface area contributed by atoms with E-state index in [9.17, 15) is 15.0 Å². The Labute approximate surface area is 168 Å². The molecule has 0 spiro atoms. The van der Waals surface area contributed by atoms with Crippen molar-refractivity contribution in [3.63, 3.8) is 0 Å². The standard InChI is InChI=1S/C21H25N5O3/c1-21(2,29)17-8-7-12(10-22-17)14-9-15-18(20(28)26(3)11-23-15)19(25-14)24-13-5-4-6-16(13)27/h7-11,13,16,27,29H,4-6H2,1-3H3,(H,24,25)/t13-,16-/m0/s1. The molecular formula is C21H25N5O3. The summed E-state index contributed by atoms with van der Waals surface area (Å²) in [4.78, 5) is 26.2. The number of hydrogen-bond acceptors (Lipinski definition) is 7. The Balaban J connectivity index is 1.83. The van der Waals surface area contributed by atoms with Crippen LogP contribution in [0.1, 0.15) is 38.8 Å². The molecule has 0 unspecified atom stereocenters. The molecule has 29 heavy (non-hydrogen) atoms. The van der Waals surface area contributed by atoms with Crippen molar-refractivity contribution in [1.29, 1.82) is 0 Å². The van der Waals surface area contributed by atoms with Gasteiger partial charge in [-0.1, -0.05) is 0 Å². The van der Waals surface area contributed by atoms with E-state index in [1.807, 2.05) is 6.07 Å². The number of nitrogens with one attached hydrogen (secondary N) is 1. The number of nitrogens with zero attached hydrogens (tertiary/aromatic N) is 4. The smallest absolute Gasteiger partial charge is 0.264 e. The van der Waals surface area contributed by atoms with Crippen molar-refractivity contribution < 1.29 is 10.2 Å². The summed E-state index contributed by atoms with van der Waals surface area (Å²) in [5, 5.41) is 24.0. The third-order valence-electron chi connectivity index (χ3n) is 5.39. The Hall–Kier alpha value is -2.84. The van der Waals surface area contributed by atoms with Gasteiger partial charge in [0.25, 0.3) is 5.56 Å². The summed E-state index contributed by atoms with van der Waals surface area (Å²) < 4.78 is 1.42. The monoisotopic (exact) mass is 395 g/mol. The number of pyridine rings is 2. The summed E-state index contributed by atoms with van der Waals surface area (Å²) in [5.74, 6) is 0.420. The number of aromatic nitrogens is 4. The van der Waals surface area contributed by atoms with E-state index in [4.69, 9.17) is 0 Å². The number of anilines is 1. The second kappa shape index (κ2) is 7.20. The van der Waals surface area contributed by atoms with Crippen LogP contribution in [0.5, 0.6) is 0 Å². The van der Waals surface area contributed by atoms with E-state index in [1.165, 1.54) is 10.9 Å². The van der Waals surface area contributed by atoms with E-state index in [0.29, 0.717) is 28.1 Å². The number of aliphatic hydroxyl groups excluding tert-OH is 1. The van der Waals surface area contributed by atoms with E-state index in [1.54, 1.807) is 39.2 Å². The first kappa shape index (κ1) is 19.5. The lowest BCUT2D eigenvalue weighted by molar-refractivity contribution is 0.0739. The first-order valence-corrected chi connectivity index (χ1v) is 9.74. The largest absolute Gasteiger partial charge is 0.391 e. The lowest BCUT2D eigenvalue weighted by atomic mass is 10.0. The molecule has 2 atom stereocenters. The fourth-order valence-electron chi connectivity index (χ4n) is 3.67. The average molecular weight is 395 g/mol. The maximum atomic E-state index is 12.7. The molecule has 0 amide bonds. The van der Waals surface area contributed by atoms with Gasteiger partial charge in [-0.2, -0.15) is 0 Å². The molecule has 3 N–H and O–H groups in total. The van der Waals surface area contributed by atoms with Gasteiger partial charge in [-0.15, -0.1) is 0 Å².